The molecule has 3 aromatic rings. The average molecular weight is 540 g/mol. The minimum absolute atomic E-state index is 0.0893. The first-order valence-electron chi connectivity index (χ1n) is 10.5. The van der Waals surface area contributed by atoms with Crippen LogP contribution >= 0.6 is 23.5 Å². The van der Waals surface area contributed by atoms with Crippen LogP contribution in [0.15, 0.2) is 57.3 Å². The molecule has 0 unspecified atom stereocenters. The van der Waals surface area contributed by atoms with Gasteiger partial charge < -0.3 is 19.5 Å². The van der Waals surface area contributed by atoms with E-state index in [4.69, 9.17) is 9.47 Å². The van der Waals surface area contributed by atoms with Gasteiger partial charge in [-0.3, -0.25) is 14.2 Å². The van der Waals surface area contributed by atoms with Gasteiger partial charge in [0.25, 0.3) is 5.56 Å². The van der Waals surface area contributed by atoms with E-state index in [0.29, 0.717) is 45.6 Å². The lowest BCUT2D eigenvalue weighted by molar-refractivity contribution is -0.274. The standard InChI is InChI=1S/C23H20F3N3O5S2/c1-32-15-7-8-18(33-2)17(11-15)27-19(30)12-36-22-28-16-9-10-35-20(16)21(31)29(22)13-3-5-14(6-4-13)34-23(24,25)26/h3-8,11H,9-10,12H2,1-2H3,(H,27,30). The molecule has 2 heterocycles. The van der Waals surface area contributed by atoms with Crippen LogP contribution in [0.5, 0.6) is 17.2 Å². The van der Waals surface area contributed by atoms with Crippen molar-refractivity contribution >= 4 is 35.1 Å². The number of rotatable bonds is 8. The largest absolute Gasteiger partial charge is 0.573 e. The van der Waals surface area contributed by atoms with Crippen LogP contribution in [0.4, 0.5) is 18.9 Å². The molecule has 2 aromatic carbocycles. The van der Waals surface area contributed by atoms with E-state index < -0.39 is 12.1 Å². The van der Waals surface area contributed by atoms with Gasteiger partial charge in [0, 0.05) is 18.2 Å². The second kappa shape index (κ2) is 10.7. The Morgan fingerprint density at radius 2 is 1.86 bits per heavy atom. The Balaban J connectivity index is 1.59. The van der Waals surface area contributed by atoms with Crippen LogP contribution in [0.2, 0.25) is 0 Å². The SMILES string of the molecule is COc1ccc(OC)c(NC(=O)CSc2nc3c(c(=O)n2-c2ccc(OC(F)(F)F)cc2)SCC3)c1. The normalized spacial score (nSPS) is 12.7. The van der Waals surface area contributed by atoms with Crippen molar-refractivity contribution in [2.24, 2.45) is 0 Å². The van der Waals surface area contributed by atoms with E-state index in [9.17, 15) is 22.8 Å². The molecule has 0 radical (unpaired) electrons. The fourth-order valence-corrected chi connectivity index (χ4v) is 5.29. The lowest BCUT2D eigenvalue weighted by Crippen LogP contribution is -2.25. The zero-order valence-corrected chi connectivity index (χ0v) is 20.7. The second-order valence-corrected chi connectivity index (χ2v) is 9.40. The number of methoxy groups -OCH3 is 2. The summed E-state index contributed by atoms with van der Waals surface area (Å²) in [5.74, 6) is 0.789. The molecule has 0 aliphatic carbocycles. The molecule has 0 bridgehead atoms. The van der Waals surface area contributed by atoms with E-state index in [0.717, 1.165) is 23.9 Å². The van der Waals surface area contributed by atoms with E-state index in [1.54, 1.807) is 18.2 Å². The van der Waals surface area contributed by atoms with Crippen LogP contribution in [-0.2, 0) is 11.2 Å². The average Bonchev–Trinajstić information content (AvgIpc) is 3.31. The van der Waals surface area contributed by atoms with Crippen molar-refractivity contribution in [2.45, 2.75) is 22.8 Å². The number of fused-ring (bicyclic) bond motifs is 1. The summed E-state index contributed by atoms with van der Waals surface area (Å²) < 4.78 is 53.2. The number of hydrogen-bond acceptors (Lipinski definition) is 8. The van der Waals surface area contributed by atoms with E-state index in [1.165, 1.54) is 42.7 Å². The summed E-state index contributed by atoms with van der Waals surface area (Å²) in [5, 5.41) is 3.00. The molecule has 13 heteroatoms. The number of benzene rings is 2. The molecule has 0 atom stereocenters. The lowest BCUT2D eigenvalue weighted by Gasteiger charge is -2.15. The van der Waals surface area contributed by atoms with Gasteiger partial charge in [-0.15, -0.1) is 24.9 Å². The Morgan fingerprint density at radius 3 is 2.53 bits per heavy atom. The van der Waals surface area contributed by atoms with Crippen molar-refractivity contribution in [1.29, 1.82) is 0 Å². The molecule has 36 heavy (non-hydrogen) atoms. The third-order valence-corrected chi connectivity index (χ3v) is 7.05. The molecule has 0 saturated heterocycles. The molecular weight excluding hydrogens is 519 g/mol. The number of carbonyl (C=O) groups is 1. The lowest BCUT2D eigenvalue weighted by atomic mass is 10.2. The van der Waals surface area contributed by atoms with Gasteiger partial charge in [0.2, 0.25) is 5.91 Å². The van der Waals surface area contributed by atoms with Crippen molar-refractivity contribution in [3.63, 3.8) is 0 Å². The number of amides is 1. The van der Waals surface area contributed by atoms with Gasteiger partial charge in [-0.05, 0) is 36.4 Å². The van der Waals surface area contributed by atoms with Gasteiger partial charge in [-0.2, -0.15) is 0 Å². The number of nitrogens with one attached hydrogen (secondary N) is 1. The van der Waals surface area contributed by atoms with Crippen LogP contribution in [0.3, 0.4) is 0 Å². The molecule has 1 aromatic heterocycles. The summed E-state index contributed by atoms with van der Waals surface area (Å²) in [5.41, 5.74) is 1.01. The molecule has 4 rings (SSSR count). The predicted octanol–water partition coefficient (Wildman–Crippen LogP) is 4.53. The van der Waals surface area contributed by atoms with Crippen LogP contribution in [0.25, 0.3) is 5.69 Å². The summed E-state index contributed by atoms with van der Waals surface area (Å²) in [6.45, 7) is 0. The van der Waals surface area contributed by atoms with Crippen molar-refractivity contribution in [3.05, 3.63) is 58.5 Å². The monoisotopic (exact) mass is 539 g/mol. The minimum atomic E-state index is -4.83. The summed E-state index contributed by atoms with van der Waals surface area (Å²) in [4.78, 5) is 31.0. The summed E-state index contributed by atoms with van der Waals surface area (Å²) in [7, 11) is 2.98. The molecule has 0 fully saturated rings. The molecule has 0 spiro atoms. The number of anilines is 1. The first kappa shape index (κ1) is 25.8. The zero-order chi connectivity index (χ0) is 25.9. The van der Waals surface area contributed by atoms with E-state index in [2.05, 4.69) is 15.0 Å². The summed E-state index contributed by atoms with van der Waals surface area (Å²) >= 11 is 2.41. The van der Waals surface area contributed by atoms with Crippen LogP contribution in [-0.4, -0.2) is 47.5 Å². The third kappa shape index (κ3) is 5.90. The van der Waals surface area contributed by atoms with Gasteiger partial charge in [0.1, 0.15) is 17.2 Å². The molecule has 1 aliphatic heterocycles. The number of hydrogen-bond donors (Lipinski definition) is 1. The predicted molar refractivity (Wildman–Crippen MR) is 130 cm³/mol. The number of aromatic nitrogens is 2. The number of alkyl halides is 3. The molecular formula is C23H20F3N3O5S2. The van der Waals surface area contributed by atoms with E-state index in [1.807, 2.05) is 0 Å². The molecule has 1 aliphatic rings. The second-order valence-electron chi connectivity index (χ2n) is 7.35. The van der Waals surface area contributed by atoms with Gasteiger partial charge >= 0.3 is 6.36 Å². The maximum absolute atomic E-state index is 13.2. The van der Waals surface area contributed by atoms with E-state index >= 15 is 0 Å². The number of halogens is 3. The number of carbonyl (C=O) groups excluding carboxylic acids is 1. The van der Waals surface area contributed by atoms with Gasteiger partial charge in [0.15, 0.2) is 5.16 Å². The molecule has 1 N–H and O–H groups in total. The maximum Gasteiger partial charge on any atom is 0.573 e. The maximum atomic E-state index is 13.2. The Bertz CT molecular complexity index is 1330. The van der Waals surface area contributed by atoms with Crippen LogP contribution < -0.4 is 25.1 Å². The van der Waals surface area contributed by atoms with Crippen LogP contribution in [0.1, 0.15) is 5.69 Å². The topological polar surface area (TPSA) is 91.7 Å². The number of nitrogens with zero attached hydrogens (tertiary/aromatic N) is 2. The Kier molecular flexibility index (Phi) is 7.69. The van der Waals surface area contributed by atoms with Crippen molar-refractivity contribution in [1.82, 2.24) is 9.55 Å². The van der Waals surface area contributed by atoms with E-state index in [-0.39, 0.29) is 22.4 Å². The first-order chi connectivity index (χ1) is 17.2. The minimum Gasteiger partial charge on any atom is -0.497 e. The highest BCUT2D eigenvalue weighted by atomic mass is 32.2. The highest BCUT2D eigenvalue weighted by Crippen LogP contribution is 2.32. The quantitative estimate of drug-likeness (QED) is 0.330. The van der Waals surface area contributed by atoms with Crippen LogP contribution in [0, 0.1) is 0 Å². The molecule has 1 amide bonds. The zero-order valence-electron chi connectivity index (χ0n) is 19.0. The Labute approximate surface area is 212 Å². The molecule has 8 nitrogen and oxygen atoms in total. The highest BCUT2D eigenvalue weighted by Gasteiger charge is 2.31. The highest BCUT2D eigenvalue weighted by molar-refractivity contribution is 8.00. The Hall–Kier alpha value is -3.32. The number of aryl methyl sites for hydroxylation is 1. The van der Waals surface area contributed by atoms with Gasteiger partial charge in [-0.25, -0.2) is 4.98 Å². The van der Waals surface area contributed by atoms with Crippen molar-refractivity contribution < 1.29 is 32.2 Å². The van der Waals surface area contributed by atoms with Crippen molar-refractivity contribution in [3.8, 4) is 22.9 Å². The summed E-state index contributed by atoms with van der Waals surface area (Å²) in [6, 6.07) is 9.87. The molecule has 0 saturated carbocycles. The summed E-state index contributed by atoms with van der Waals surface area (Å²) in [6.07, 6.45) is -4.22. The third-order valence-electron chi connectivity index (χ3n) is 5.01. The number of thioether (sulfide) groups is 2. The number of ether oxygens (including phenoxy) is 3. The van der Waals surface area contributed by atoms with Gasteiger partial charge in [-0.1, -0.05) is 11.8 Å². The Morgan fingerprint density at radius 1 is 1.14 bits per heavy atom. The van der Waals surface area contributed by atoms with Crippen molar-refractivity contribution in [2.75, 3.05) is 31.0 Å². The first-order valence-corrected chi connectivity index (χ1v) is 12.4. The fraction of sp³-hybridized carbons (Fsp3) is 0.261. The fourth-order valence-electron chi connectivity index (χ4n) is 3.44. The molecule has 190 valence electrons. The smallest absolute Gasteiger partial charge is 0.497 e. The van der Waals surface area contributed by atoms with Gasteiger partial charge in [0.05, 0.1) is 41.9 Å².